The smallest absolute Gasteiger partial charge is 0.508 e. The average molecular weight is 385 g/mol. The first kappa shape index (κ1) is 17.6. The van der Waals surface area contributed by atoms with Gasteiger partial charge in [-0.2, -0.15) is 0 Å². The Morgan fingerprint density at radius 3 is 2.58 bits per heavy atom. The van der Waals surface area contributed by atoms with Crippen LogP contribution in [0, 0.1) is 0 Å². The van der Waals surface area contributed by atoms with E-state index in [0.717, 1.165) is 29.5 Å². The molecule has 3 aromatic rings. The van der Waals surface area contributed by atoms with Crippen molar-refractivity contribution in [2.45, 2.75) is 6.36 Å². The zero-order chi connectivity index (χ0) is 18.9. The summed E-state index contributed by atoms with van der Waals surface area (Å²) in [6.45, 7) is 0. The van der Waals surface area contributed by atoms with Gasteiger partial charge in [0, 0.05) is 12.1 Å². The van der Waals surface area contributed by atoms with E-state index in [-0.39, 0.29) is 22.3 Å². The summed E-state index contributed by atoms with van der Waals surface area (Å²) in [7, 11) is 0. The molecular weight excluding hydrogens is 375 g/mol. The standard InChI is InChI=1S/C15H10F3N3O4S/c16-15(17,18)25-8-2-4-10-12(6-8)26-14(20-10)21-13(24)19-9-3-1-7(22)5-11(9)23/h1-6,22-23H,(H2,19,20,21,24). The van der Waals surface area contributed by atoms with Gasteiger partial charge in [-0.3, -0.25) is 5.32 Å². The number of benzene rings is 2. The molecule has 0 saturated carbocycles. The molecule has 2 aromatic carbocycles. The first-order valence-electron chi connectivity index (χ1n) is 6.96. The Morgan fingerprint density at radius 1 is 1.12 bits per heavy atom. The summed E-state index contributed by atoms with van der Waals surface area (Å²) in [5.74, 6) is -0.895. The van der Waals surface area contributed by atoms with Gasteiger partial charge in [-0.05, 0) is 24.3 Å². The van der Waals surface area contributed by atoms with Crippen molar-refractivity contribution in [2.75, 3.05) is 10.6 Å². The number of aromatic nitrogens is 1. The van der Waals surface area contributed by atoms with Gasteiger partial charge in [0.25, 0.3) is 0 Å². The van der Waals surface area contributed by atoms with E-state index in [4.69, 9.17) is 0 Å². The van der Waals surface area contributed by atoms with Crippen molar-refractivity contribution < 1.29 is 32.9 Å². The van der Waals surface area contributed by atoms with Crippen LogP contribution in [-0.4, -0.2) is 27.6 Å². The lowest BCUT2D eigenvalue weighted by molar-refractivity contribution is -0.274. The van der Waals surface area contributed by atoms with Gasteiger partial charge in [0.15, 0.2) is 5.13 Å². The molecule has 0 fully saturated rings. The van der Waals surface area contributed by atoms with Gasteiger partial charge in [-0.25, -0.2) is 9.78 Å². The first-order valence-corrected chi connectivity index (χ1v) is 7.77. The van der Waals surface area contributed by atoms with Crippen molar-refractivity contribution in [3.05, 3.63) is 36.4 Å². The molecule has 2 amide bonds. The number of halogens is 3. The largest absolute Gasteiger partial charge is 0.573 e. The van der Waals surface area contributed by atoms with Crippen molar-refractivity contribution >= 4 is 38.4 Å². The van der Waals surface area contributed by atoms with Crippen LogP contribution in [0.1, 0.15) is 0 Å². The molecule has 7 nitrogen and oxygen atoms in total. The number of phenolic OH excluding ortho intramolecular Hbond substituents is 2. The second-order valence-electron chi connectivity index (χ2n) is 4.98. The van der Waals surface area contributed by atoms with E-state index in [2.05, 4.69) is 20.4 Å². The average Bonchev–Trinajstić information content (AvgIpc) is 2.89. The zero-order valence-corrected chi connectivity index (χ0v) is 13.5. The maximum absolute atomic E-state index is 12.2. The quantitative estimate of drug-likeness (QED) is 0.399. The summed E-state index contributed by atoms with van der Waals surface area (Å²) in [6.07, 6.45) is -4.80. The Kier molecular flexibility index (Phi) is 4.47. The Morgan fingerprint density at radius 2 is 1.88 bits per heavy atom. The van der Waals surface area contributed by atoms with Crippen LogP contribution in [0.5, 0.6) is 17.2 Å². The second kappa shape index (κ2) is 6.59. The molecule has 0 saturated heterocycles. The van der Waals surface area contributed by atoms with Crippen molar-refractivity contribution in [3.63, 3.8) is 0 Å². The predicted molar refractivity (Wildman–Crippen MR) is 88.7 cm³/mol. The van der Waals surface area contributed by atoms with Crippen LogP contribution in [-0.2, 0) is 0 Å². The molecule has 136 valence electrons. The number of carbonyl (C=O) groups excluding carboxylic acids is 1. The molecule has 0 unspecified atom stereocenters. The molecule has 0 aliphatic carbocycles. The number of alkyl halides is 3. The van der Waals surface area contributed by atoms with Crippen molar-refractivity contribution in [1.82, 2.24) is 4.98 Å². The van der Waals surface area contributed by atoms with Gasteiger partial charge >= 0.3 is 12.4 Å². The number of rotatable bonds is 3. The molecular formula is C15H10F3N3O4S. The summed E-state index contributed by atoms with van der Waals surface area (Å²) in [4.78, 5) is 16.0. The lowest BCUT2D eigenvalue weighted by Crippen LogP contribution is -2.19. The second-order valence-corrected chi connectivity index (χ2v) is 6.01. The Balaban J connectivity index is 1.73. The highest BCUT2D eigenvalue weighted by molar-refractivity contribution is 7.22. The highest BCUT2D eigenvalue weighted by atomic mass is 32.1. The van der Waals surface area contributed by atoms with E-state index in [1.165, 1.54) is 18.2 Å². The van der Waals surface area contributed by atoms with Crippen LogP contribution in [0.15, 0.2) is 36.4 Å². The minimum atomic E-state index is -4.80. The Labute approximate surface area is 147 Å². The van der Waals surface area contributed by atoms with E-state index >= 15 is 0 Å². The minimum Gasteiger partial charge on any atom is -0.508 e. The number of fused-ring (bicyclic) bond motifs is 1. The Hall–Kier alpha value is -3.21. The number of urea groups is 1. The molecule has 0 radical (unpaired) electrons. The number of anilines is 2. The van der Waals surface area contributed by atoms with Gasteiger partial charge in [-0.15, -0.1) is 13.2 Å². The minimum absolute atomic E-state index is 0.0577. The fourth-order valence-corrected chi connectivity index (χ4v) is 2.92. The number of aromatic hydroxyl groups is 2. The number of nitrogens with zero attached hydrogens (tertiary/aromatic N) is 1. The van der Waals surface area contributed by atoms with Crippen LogP contribution < -0.4 is 15.4 Å². The lowest BCUT2D eigenvalue weighted by atomic mass is 10.3. The fourth-order valence-electron chi connectivity index (χ4n) is 2.03. The maximum atomic E-state index is 12.2. The normalized spacial score (nSPS) is 11.3. The fraction of sp³-hybridized carbons (Fsp3) is 0.0667. The van der Waals surface area contributed by atoms with Gasteiger partial charge in [-0.1, -0.05) is 11.3 Å². The number of hydrogen-bond acceptors (Lipinski definition) is 6. The third-order valence-electron chi connectivity index (χ3n) is 3.04. The number of thiazole rings is 1. The maximum Gasteiger partial charge on any atom is 0.573 e. The highest BCUT2D eigenvalue weighted by Crippen LogP contribution is 2.32. The summed E-state index contributed by atoms with van der Waals surface area (Å²) in [5.41, 5.74) is 0.439. The predicted octanol–water partition coefficient (Wildman–Crippen LogP) is 4.25. The monoisotopic (exact) mass is 385 g/mol. The summed E-state index contributed by atoms with van der Waals surface area (Å²) >= 11 is 0.950. The van der Waals surface area contributed by atoms with E-state index in [1.807, 2.05) is 0 Å². The van der Waals surface area contributed by atoms with Crippen LogP contribution in [0.3, 0.4) is 0 Å². The van der Waals surface area contributed by atoms with Crippen molar-refractivity contribution in [1.29, 1.82) is 0 Å². The zero-order valence-electron chi connectivity index (χ0n) is 12.7. The molecule has 11 heteroatoms. The molecule has 1 aromatic heterocycles. The van der Waals surface area contributed by atoms with Gasteiger partial charge in [0.2, 0.25) is 0 Å². The third kappa shape index (κ3) is 4.25. The van der Waals surface area contributed by atoms with Crippen molar-refractivity contribution in [3.8, 4) is 17.2 Å². The van der Waals surface area contributed by atoms with Gasteiger partial charge in [0.05, 0.1) is 15.9 Å². The SMILES string of the molecule is O=C(Nc1nc2ccc(OC(F)(F)F)cc2s1)Nc1ccc(O)cc1O. The number of amides is 2. The first-order chi connectivity index (χ1) is 12.2. The summed E-state index contributed by atoms with van der Waals surface area (Å²) < 4.78 is 41.0. The van der Waals surface area contributed by atoms with E-state index < -0.39 is 18.1 Å². The number of carbonyl (C=O) groups is 1. The highest BCUT2D eigenvalue weighted by Gasteiger charge is 2.31. The number of ether oxygens (including phenoxy) is 1. The molecule has 0 atom stereocenters. The van der Waals surface area contributed by atoms with Crippen molar-refractivity contribution in [2.24, 2.45) is 0 Å². The van der Waals surface area contributed by atoms with Crippen LogP contribution in [0.4, 0.5) is 28.8 Å². The molecule has 4 N–H and O–H groups in total. The third-order valence-corrected chi connectivity index (χ3v) is 3.98. The van der Waals surface area contributed by atoms with E-state index in [0.29, 0.717) is 10.2 Å². The van der Waals surface area contributed by atoms with Crippen LogP contribution in [0.25, 0.3) is 10.2 Å². The molecule has 3 rings (SSSR count). The number of nitrogens with one attached hydrogen (secondary N) is 2. The topological polar surface area (TPSA) is 104 Å². The number of hydrogen-bond donors (Lipinski definition) is 4. The molecule has 0 aliphatic rings. The lowest BCUT2D eigenvalue weighted by Gasteiger charge is -2.07. The number of phenols is 2. The van der Waals surface area contributed by atoms with Gasteiger partial charge < -0.3 is 20.3 Å². The van der Waals surface area contributed by atoms with Gasteiger partial charge in [0.1, 0.15) is 17.2 Å². The van der Waals surface area contributed by atoms with Crippen LogP contribution >= 0.6 is 11.3 Å². The summed E-state index contributed by atoms with van der Waals surface area (Å²) in [5, 5.41) is 23.7. The Bertz CT molecular complexity index is 974. The van der Waals surface area contributed by atoms with E-state index in [1.54, 1.807) is 0 Å². The molecule has 26 heavy (non-hydrogen) atoms. The molecule has 0 aliphatic heterocycles. The molecule has 0 bridgehead atoms. The molecule has 0 spiro atoms. The van der Waals surface area contributed by atoms with E-state index in [9.17, 15) is 28.2 Å². The summed E-state index contributed by atoms with van der Waals surface area (Å²) in [6, 6.07) is 6.51. The molecule has 1 heterocycles. The van der Waals surface area contributed by atoms with Crippen LogP contribution in [0.2, 0.25) is 0 Å².